The molecule has 9 heteroatoms. The van der Waals surface area contributed by atoms with Crippen molar-refractivity contribution < 1.29 is 22.5 Å². The van der Waals surface area contributed by atoms with Crippen LogP contribution in [0.1, 0.15) is 17.1 Å². The number of non-ortho nitro benzene ring substituents is 1. The Balaban J connectivity index is 2.42. The van der Waals surface area contributed by atoms with E-state index in [1.165, 1.54) is 31.4 Å². The first-order valence-electron chi connectivity index (χ1n) is 6.60. The van der Waals surface area contributed by atoms with Crippen molar-refractivity contribution >= 4 is 21.4 Å². The number of nitro benzene ring substituents is 1. The number of methoxy groups -OCH3 is 1. The average Bonchev–Trinajstić information content (AvgIpc) is 2.80. The van der Waals surface area contributed by atoms with E-state index in [-0.39, 0.29) is 28.6 Å². The molecule has 0 aliphatic carbocycles. The highest BCUT2D eigenvalue weighted by atomic mass is 32.2. The Morgan fingerprint density at radius 2 is 2.00 bits per heavy atom. The number of sulfonamides is 1. The SMILES string of the molecule is COCc1cc([N+](=O)[O-])ccc1NS(=O)(=O)c1cc(C)oc1C. The second-order valence-corrected chi connectivity index (χ2v) is 6.57. The number of nitro groups is 1. The van der Waals surface area contributed by atoms with Crippen LogP contribution in [-0.4, -0.2) is 20.5 Å². The van der Waals surface area contributed by atoms with Gasteiger partial charge in [-0.3, -0.25) is 14.8 Å². The van der Waals surface area contributed by atoms with Crippen molar-refractivity contribution in [3.8, 4) is 0 Å². The molecule has 2 rings (SSSR count). The third-order valence-corrected chi connectivity index (χ3v) is 4.60. The maximum Gasteiger partial charge on any atom is 0.269 e. The van der Waals surface area contributed by atoms with E-state index in [0.717, 1.165) is 0 Å². The molecule has 8 nitrogen and oxygen atoms in total. The Hall–Kier alpha value is -2.39. The minimum absolute atomic E-state index is 0.0247. The molecule has 0 saturated heterocycles. The lowest BCUT2D eigenvalue weighted by Crippen LogP contribution is -2.15. The molecule has 0 fully saturated rings. The van der Waals surface area contributed by atoms with Crippen LogP contribution in [0.4, 0.5) is 11.4 Å². The smallest absolute Gasteiger partial charge is 0.269 e. The molecule has 23 heavy (non-hydrogen) atoms. The van der Waals surface area contributed by atoms with Crippen molar-refractivity contribution in [2.45, 2.75) is 25.3 Å². The highest BCUT2D eigenvalue weighted by Crippen LogP contribution is 2.27. The Morgan fingerprint density at radius 3 is 2.52 bits per heavy atom. The molecule has 2 aromatic rings. The van der Waals surface area contributed by atoms with Crippen LogP contribution in [0, 0.1) is 24.0 Å². The van der Waals surface area contributed by atoms with Crippen LogP contribution in [-0.2, 0) is 21.4 Å². The number of nitrogens with one attached hydrogen (secondary N) is 1. The van der Waals surface area contributed by atoms with Crippen LogP contribution in [0.25, 0.3) is 0 Å². The van der Waals surface area contributed by atoms with Gasteiger partial charge in [0.2, 0.25) is 0 Å². The van der Waals surface area contributed by atoms with Gasteiger partial charge in [0, 0.05) is 30.9 Å². The molecular weight excluding hydrogens is 324 g/mol. The first kappa shape index (κ1) is 17.0. The van der Waals surface area contributed by atoms with Gasteiger partial charge in [-0.25, -0.2) is 8.42 Å². The van der Waals surface area contributed by atoms with Crippen LogP contribution in [0.2, 0.25) is 0 Å². The Morgan fingerprint density at radius 1 is 1.30 bits per heavy atom. The molecule has 124 valence electrons. The third kappa shape index (κ3) is 3.69. The summed E-state index contributed by atoms with van der Waals surface area (Å²) in [5, 5.41) is 10.8. The van der Waals surface area contributed by atoms with Crippen molar-refractivity contribution in [3.63, 3.8) is 0 Å². The molecule has 1 aromatic heterocycles. The zero-order chi connectivity index (χ0) is 17.2. The average molecular weight is 340 g/mol. The normalized spacial score (nSPS) is 11.4. The Bertz CT molecular complexity index is 841. The quantitative estimate of drug-likeness (QED) is 0.639. The van der Waals surface area contributed by atoms with E-state index in [9.17, 15) is 18.5 Å². The summed E-state index contributed by atoms with van der Waals surface area (Å²) in [7, 11) is -2.45. The van der Waals surface area contributed by atoms with E-state index in [2.05, 4.69) is 4.72 Å². The van der Waals surface area contributed by atoms with Gasteiger partial charge in [-0.15, -0.1) is 0 Å². The van der Waals surface area contributed by atoms with Gasteiger partial charge in [0.15, 0.2) is 0 Å². The predicted octanol–water partition coefficient (Wildman–Crippen LogP) is 2.75. The number of hydrogen-bond donors (Lipinski definition) is 1. The van der Waals surface area contributed by atoms with E-state index >= 15 is 0 Å². The zero-order valence-corrected chi connectivity index (χ0v) is 13.6. The van der Waals surface area contributed by atoms with Gasteiger partial charge in [-0.2, -0.15) is 0 Å². The molecule has 0 unspecified atom stereocenters. The molecule has 0 aliphatic rings. The van der Waals surface area contributed by atoms with Crippen molar-refractivity contribution in [3.05, 3.63) is 51.5 Å². The number of anilines is 1. The van der Waals surface area contributed by atoms with Crippen LogP contribution in [0.3, 0.4) is 0 Å². The van der Waals surface area contributed by atoms with E-state index in [0.29, 0.717) is 11.3 Å². The summed E-state index contributed by atoms with van der Waals surface area (Å²) in [5.74, 6) is 0.744. The summed E-state index contributed by atoms with van der Waals surface area (Å²) in [5.41, 5.74) is 0.439. The zero-order valence-electron chi connectivity index (χ0n) is 12.8. The Labute approximate surface area is 133 Å². The minimum Gasteiger partial charge on any atom is -0.465 e. The number of hydrogen-bond acceptors (Lipinski definition) is 6. The van der Waals surface area contributed by atoms with E-state index < -0.39 is 14.9 Å². The largest absolute Gasteiger partial charge is 0.465 e. The second kappa shape index (κ2) is 6.39. The van der Waals surface area contributed by atoms with Gasteiger partial charge in [0.1, 0.15) is 16.4 Å². The number of nitrogens with zero attached hydrogens (tertiary/aromatic N) is 1. The number of furan rings is 1. The van der Waals surface area contributed by atoms with E-state index in [1.807, 2.05) is 0 Å². The molecule has 0 atom stereocenters. The lowest BCUT2D eigenvalue weighted by molar-refractivity contribution is -0.384. The van der Waals surface area contributed by atoms with Crippen LogP contribution in [0.5, 0.6) is 0 Å². The van der Waals surface area contributed by atoms with Gasteiger partial charge in [-0.05, 0) is 19.9 Å². The fraction of sp³-hybridized carbons (Fsp3) is 0.286. The Kier molecular flexibility index (Phi) is 4.71. The maximum atomic E-state index is 12.5. The number of ether oxygens (including phenoxy) is 1. The summed E-state index contributed by atoms with van der Waals surface area (Å²) in [6, 6.07) is 5.25. The third-order valence-electron chi connectivity index (χ3n) is 3.13. The van der Waals surface area contributed by atoms with Crippen molar-refractivity contribution in [2.75, 3.05) is 11.8 Å². The van der Waals surface area contributed by atoms with Crippen molar-refractivity contribution in [1.29, 1.82) is 0 Å². The molecule has 0 spiro atoms. The van der Waals surface area contributed by atoms with Crippen LogP contribution >= 0.6 is 0 Å². The lowest BCUT2D eigenvalue weighted by Gasteiger charge is -2.11. The summed E-state index contributed by atoms with van der Waals surface area (Å²) >= 11 is 0. The fourth-order valence-corrected chi connectivity index (χ4v) is 3.48. The highest BCUT2D eigenvalue weighted by Gasteiger charge is 2.22. The van der Waals surface area contributed by atoms with E-state index in [1.54, 1.807) is 13.8 Å². The number of aryl methyl sites for hydroxylation is 2. The van der Waals surface area contributed by atoms with E-state index in [4.69, 9.17) is 9.15 Å². The topological polar surface area (TPSA) is 112 Å². The molecule has 1 heterocycles. The van der Waals surface area contributed by atoms with Crippen LogP contribution in [0.15, 0.2) is 33.6 Å². The van der Waals surface area contributed by atoms with Gasteiger partial charge in [-0.1, -0.05) is 0 Å². The summed E-state index contributed by atoms with van der Waals surface area (Å²) in [6.07, 6.45) is 0. The highest BCUT2D eigenvalue weighted by molar-refractivity contribution is 7.92. The predicted molar refractivity (Wildman–Crippen MR) is 82.8 cm³/mol. The van der Waals surface area contributed by atoms with Crippen molar-refractivity contribution in [2.24, 2.45) is 0 Å². The first-order chi connectivity index (χ1) is 10.7. The fourth-order valence-electron chi connectivity index (χ4n) is 2.14. The monoisotopic (exact) mass is 340 g/mol. The maximum absolute atomic E-state index is 12.5. The lowest BCUT2D eigenvalue weighted by atomic mass is 10.2. The molecule has 0 saturated carbocycles. The molecule has 0 radical (unpaired) electrons. The molecule has 0 amide bonds. The first-order valence-corrected chi connectivity index (χ1v) is 8.09. The molecule has 1 aromatic carbocycles. The van der Waals surface area contributed by atoms with Gasteiger partial charge < -0.3 is 9.15 Å². The molecule has 0 aliphatic heterocycles. The summed E-state index contributed by atoms with van der Waals surface area (Å²) in [4.78, 5) is 10.3. The molecule has 1 N–H and O–H groups in total. The number of benzene rings is 1. The second-order valence-electron chi connectivity index (χ2n) is 4.91. The summed E-state index contributed by atoms with van der Waals surface area (Å²) in [6.45, 7) is 3.23. The molecular formula is C14H16N2O6S. The molecule has 0 bridgehead atoms. The van der Waals surface area contributed by atoms with Crippen LogP contribution < -0.4 is 4.72 Å². The number of rotatable bonds is 6. The summed E-state index contributed by atoms with van der Waals surface area (Å²) < 4.78 is 37.6. The minimum atomic E-state index is -3.87. The van der Waals surface area contributed by atoms with Gasteiger partial charge in [0.25, 0.3) is 15.7 Å². The van der Waals surface area contributed by atoms with Gasteiger partial charge in [0.05, 0.1) is 17.2 Å². The van der Waals surface area contributed by atoms with Gasteiger partial charge >= 0.3 is 0 Å². The standard InChI is InChI=1S/C14H16N2O6S/c1-9-6-14(10(2)22-9)23(19,20)15-13-5-4-12(16(17)18)7-11(13)8-21-3/h4-7,15H,8H2,1-3H3. The van der Waals surface area contributed by atoms with Crippen molar-refractivity contribution in [1.82, 2.24) is 0 Å².